The molecule has 0 spiro atoms. The highest BCUT2D eigenvalue weighted by Crippen LogP contribution is 2.48. The summed E-state index contributed by atoms with van der Waals surface area (Å²) >= 11 is 0. The van der Waals surface area contributed by atoms with Crippen LogP contribution in [0, 0.1) is 17.8 Å². The van der Waals surface area contributed by atoms with E-state index >= 15 is 0 Å². The van der Waals surface area contributed by atoms with E-state index < -0.39 is 5.60 Å². The average Bonchev–Trinajstić information content (AvgIpc) is 2.42. The van der Waals surface area contributed by atoms with Crippen molar-refractivity contribution in [1.29, 1.82) is 0 Å². The molecular weight excluding hydrogens is 188 g/mol. The van der Waals surface area contributed by atoms with E-state index in [9.17, 15) is 9.90 Å². The van der Waals surface area contributed by atoms with E-state index in [1.807, 2.05) is 0 Å². The Morgan fingerprint density at radius 3 is 2.73 bits per heavy atom. The lowest BCUT2D eigenvalue weighted by molar-refractivity contribution is -0.118. The van der Waals surface area contributed by atoms with Crippen LogP contribution in [0.2, 0.25) is 0 Å². The van der Waals surface area contributed by atoms with Crippen molar-refractivity contribution in [2.24, 2.45) is 17.8 Å². The van der Waals surface area contributed by atoms with Crippen molar-refractivity contribution in [3.8, 4) is 0 Å². The van der Waals surface area contributed by atoms with Crippen LogP contribution in [0.25, 0.3) is 0 Å². The first-order valence-corrected chi connectivity index (χ1v) is 5.92. The summed E-state index contributed by atoms with van der Waals surface area (Å²) in [4.78, 5) is 11.5. The molecule has 2 aliphatic rings. The molecule has 1 N–H and O–H groups in total. The highest BCUT2D eigenvalue weighted by Gasteiger charge is 2.49. The van der Waals surface area contributed by atoms with Crippen molar-refractivity contribution in [3.63, 3.8) is 0 Å². The smallest absolute Gasteiger partial charge is 0.158 e. The standard InChI is InChI=1S/C13H20O2/c1-8(2)11-5-4-9(3)13(15)7-10(14)6-12(11)13/h6,8-9,11,15H,4-5,7H2,1-3H3. The Bertz CT molecular complexity index is 316. The van der Waals surface area contributed by atoms with E-state index in [2.05, 4.69) is 20.8 Å². The molecule has 1 saturated carbocycles. The number of ketones is 1. The second-order valence-electron chi connectivity index (χ2n) is 5.50. The topological polar surface area (TPSA) is 37.3 Å². The van der Waals surface area contributed by atoms with Gasteiger partial charge in [-0.2, -0.15) is 0 Å². The van der Waals surface area contributed by atoms with Crippen LogP contribution in [0.3, 0.4) is 0 Å². The lowest BCUT2D eigenvalue weighted by Crippen LogP contribution is -2.44. The normalized spacial score (nSPS) is 40.6. The van der Waals surface area contributed by atoms with E-state index in [1.165, 1.54) is 0 Å². The van der Waals surface area contributed by atoms with E-state index in [-0.39, 0.29) is 11.7 Å². The van der Waals surface area contributed by atoms with Gasteiger partial charge in [0, 0.05) is 6.42 Å². The summed E-state index contributed by atoms with van der Waals surface area (Å²) in [6.07, 6.45) is 4.16. The zero-order chi connectivity index (χ0) is 11.2. The maximum Gasteiger partial charge on any atom is 0.158 e. The molecule has 0 aromatic heterocycles. The summed E-state index contributed by atoms with van der Waals surface area (Å²) in [6, 6.07) is 0. The number of carbonyl (C=O) groups excluding carboxylic acids is 1. The van der Waals surface area contributed by atoms with Crippen LogP contribution in [0.4, 0.5) is 0 Å². The summed E-state index contributed by atoms with van der Waals surface area (Å²) in [7, 11) is 0. The molecule has 0 aliphatic heterocycles. The lowest BCUT2D eigenvalue weighted by Gasteiger charge is -2.42. The molecule has 84 valence electrons. The average molecular weight is 208 g/mol. The Balaban J connectivity index is 2.37. The van der Waals surface area contributed by atoms with Crippen LogP contribution in [-0.2, 0) is 4.79 Å². The molecule has 15 heavy (non-hydrogen) atoms. The van der Waals surface area contributed by atoms with Crippen LogP contribution in [0.1, 0.15) is 40.0 Å². The molecule has 0 amide bonds. The Morgan fingerprint density at radius 2 is 2.13 bits per heavy atom. The second-order valence-corrected chi connectivity index (χ2v) is 5.50. The number of allylic oxidation sites excluding steroid dienone is 1. The van der Waals surface area contributed by atoms with Gasteiger partial charge in [-0.3, -0.25) is 4.79 Å². The molecular formula is C13H20O2. The molecule has 3 unspecified atom stereocenters. The zero-order valence-corrected chi connectivity index (χ0v) is 9.79. The van der Waals surface area contributed by atoms with Crippen molar-refractivity contribution < 1.29 is 9.90 Å². The summed E-state index contributed by atoms with van der Waals surface area (Å²) in [6.45, 7) is 6.40. The quantitative estimate of drug-likeness (QED) is 0.718. The first-order chi connectivity index (χ1) is 6.95. The molecule has 3 atom stereocenters. The Labute approximate surface area is 91.4 Å². The fourth-order valence-electron chi connectivity index (χ4n) is 3.12. The first kappa shape index (κ1) is 10.9. The summed E-state index contributed by atoms with van der Waals surface area (Å²) in [5.41, 5.74) is 0.200. The van der Waals surface area contributed by atoms with Crippen LogP contribution >= 0.6 is 0 Å². The lowest BCUT2D eigenvalue weighted by atomic mass is 9.66. The molecule has 2 aliphatic carbocycles. The predicted molar refractivity (Wildman–Crippen MR) is 59.4 cm³/mol. The van der Waals surface area contributed by atoms with Gasteiger partial charge in [-0.15, -0.1) is 0 Å². The van der Waals surface area contributed by atoms with Crippen molar-refractivity contribution in [3.05, 3.63) is 11.6 Å². The number of aliphatic hydroxyl groups is 1. The fraction of sp³-hybridized carbons (Fsp3) is 0.769. The van der Waals surface area contributed by atoms with Crippen LogP contribution in [0.5, 0.6) is 0 Å². The Kier molecular flexibility index (Phi) is 2.50. The highest BCUT2D eigenvalue weighted by atomic mass is 16.3. The summed E-state index contributed by atoms with van der Waals surface area (Å²) < 4.78 is 0. The number of hydrogen-bond donors (Lipinski definition) is 1. The molecule has 0 heterocycles. The third-order valence-corrected chi connectivity index (χ3v) is 4.19. The minimum absolute atomic E-state index is 0.104. The van der Waals surface area contributed by atoms with Gasteiger partial charge in [0.1, 0.15) is 0 Å². The van der Waals surface area contributed by atoms with Crippen molar-refractivity contribution in [1.82, 2.24) is 0 Å². The molecule has 2 heteroatoms. The van der Waals surface area contributed by atoms with Gasteiger partial charge >= 0.3 is 0 Å². The van der Waals surface area contributed by atoms with E-state index in [4.69, 9.17) is 0 Å². The van der Waals surface area contributed by atoms with Gasteiger partial charge in [0.05, 0.1) is 5.60 Å². The SMILES string of the molecule is CC(C)C1CCC(C)C2(O)CC(=O)C=C12. The summed E-state index contributed by atoms with van der Waals surface area (Å²) in [5.74, 6) is 1.25. The molecule has 1 fully saturated rings. The van der Waals surface area contributed by atoms with Gasteiger partial charge < -0.3 is 5.11 Å². The number of carbonyl (C=O) groups is 1. The molecule has 0 radical (unpaired) electrons. The maximum atomic E-state index is 11.5. The minimum Gasteiger partial charge on any atom is -0.385 e. The minimum atomic E-state index is -0.815. The number of fused-ring (bicyclic) bond motifs is 1. The third-order valence-electron chi connectivity index (χ3n) is 4.19. The molecule has 2 rings (SSSR count). The monoisotopic (exact) mass is 208 g/mol. The predicted octanol–water partition coefficient (Wildman–Crippen LogP) is 2.32. The molecule has 0 aromatic rings. The van der Waals surface area contributed by atoms with Crippen molar-refractivity contribution in [2.45, 2.75) is 45.6 Å². The third kappa shape index (κ3) is 1.55. The fourth-order valence-corrected chi connectivity index (χ4v) is 3.12. The molecule has 2 nitrogen and oxygen atoms in total. The Hall–Kier alpha value is -0.630. The molecule has 0 bridgehead atoms. The van der Waals surface area contributed by atoms with Crippen molar-refractivity contribution >= 4 is 5.78 Å². The molecule has 0 saturated heterocycles. The first-order valence-electron chi connectivity index (χ1n) is 5.92. The van der Waals surface area contributed by atoms with Gasteiger partial charge in [-0.25, -0.2) is 0 Å². The Morgan fingerprint density at radius 1 is 1.47 bits per heavy atom. The van der Waals surface area contributed by atoms with E-state index in [0.29, 0.717) is 18.3 Å². The van der Waals surface area contributed by atoms with Gasteiger partial charge in [0.25, 0.3) is 0 Å². The zero-order valence-electron chi connectivity index (χ0n) is 9.79. The van der Waals surface area contributed by atoms with Crippen LogP contribution in [0.15, 0.2) is 11.6 Å². The van der Waals surface area contributed by atoms with Crippen molar-refractivity contribution in [2.75, 3.05) is 0 Å². The van der Waals surface area contributed by atoms with Crippen LogP contribution in [-0.4, -0.2) is 16.5 Å². The molecule has 0 aromatic carbocycles. The van der Waals surface area contributed by atoms with E-state index in [0.717, 1.165) is 18.4 Å². The largest absolute Gasteiger partial charge is 0.385 e. The van der Waals surface area contributed by atoms with Crippen LogP contribution < -0.4 is 0 Å². The van der Waals surface area contributed by atoms with Gasteiger partial charge in [0.2, 0.25) is 0 Å². The van der Waals surface area contributed by atoms with Gasteiger partial charge in [-0.05, 0) is 42.2 Å². The maximum absolute atomic E-state index is 11.5. The second kappa shape index (κ2) is 3.44. The highest BCUT2D eigenvalue weighted by molar-refractivity contribution is 5.95. The number of rotatable bonds is 1. The van der Waals surface area contributed by atoms with Gasteiger partial charge in [-0.1, -0.05) is 20.8 Å². The number of hydrogen-bond acceptors (Lipinski definition) is 2. The summed E-state index contributed by atoms with van der Waals surface area (Å²) in [5, 5.41) is 10.6. The van der Waals surface area contributed by atoms with E-state index in [1.54, 1.807) is 6.08 Å². The van der Waals surface area contributed by atoms with Gasteiger partial charge in [0.15, 0.2) is 5.78 Å².